The minimum Gasteiger partial charge on any atom is -0.399 e. The van der Waals surface area contributed by atoms with Crippen molar-refractivity contribution in [3.63, 3.8) is 0 Å². The number of hydrogen-bond acceptors (Lipinski definition) is 3. The normalized spacial score (nSPS) is 38.6. The first-order chi connectivity index (χ1) is 6.66. The SMILES string of the molecule is CON=C1CC2CCC(C(N)=O)(C1)C2. The van der Waals surface area contributed by atoms with Crippen molar-refractivity contribution in [3.8, 4) is 0 Å². The monoisotopic (exact) mass is 196 g/mol. The molecule has 2 aliphatic carbocycles. The van der Waals surface area contributed by atoms with Crippen LogP contribution in [0.15, 0.2) is 5.16 Å². The lowest BCUT2D eigenvalue weighted by atomic mass is 9.74. The van der Waals surface area contributed by atoms with E-state index < -0.39 is 0 Å². The van der Waals surface area contributed by atoms with Gasteiger partial charge in [0.2, 0.25) is 5.91 Å². The maximum atomic E-state index is 11.4. The Hall–Kier alpha value is -1.06. The van der Waals surface area contributed by atoms with Gasteiger partial charge < -0.3 is 10.6 Å². The van der Waals surface area contributed by atoms with Crippen LogP contribution >= 0.6 is 0 Å². The molecule has 2 saturated carbocycles. The van der Waals surface area contributed by atoms with Crippen molar-refractivity contribution in [2.45, 2.75) is 32.1 Å². The number of oxime groups is 1. The fourth-order valence-corrected chi connectivity index (χ4v) is 2.88. The molecule has 0 saturated heterocycles. The molecule has 78 valence electrons. The standard InChI is InChI=1S/C10H16N2O2/c1-14-12-8-4-7-2-3-10(5-7,6-8)9(11)13/h7H,2-6H2,1H3,(H2,11,13). The molecule has 0 aromatic carbocycles. The molecule has 4 heteroatoms. The molecule has 0 heterocycles. The quantitative estimate of drug-likeness (QED) is 0.671. The van der Waals surface area contributed by atoms with Crippen LogP contribution in [0.3, 0.4) is 0 Å². The fourth-order valence-electron chi connectivity index (χ4n) is 2.88. The first kappa shape index (κ1) is 9.49. The van der Waals surface area contributed by atoms with Crippen molar-refractivity contribution < 1.29 is 9.63 Å². The lowest BCUT2D eigenvalue weighted by Crippen LogP contribution is -2.39. The molecule has 2 atom stereocenters. The zero-order valence-corrected chi connectivity index (χ0v) is 8.45. The molecule has 2 unspecified atom stereocenters. The minimum absolute atomic E-state index is 0.163. The van der Waals surface area contributed by atoms with Gasteiger partial charge in [-0.2, -0.15) is 0 Å². The summed E-state index contributed by atoms with van der Waals surface area (Å²) in [5, 5.41) is 3.96. The summed E-state index contributed by atoms with van der Waals surface area (Å²) < 4.78 is 0. The van der Waals surface area contributed by atoms with Crippen LogP contribution in [0.5, 0.6) is 0 Å². The van der Waals surface area contributed by atoms with E-state index in [1.807, 2.05) is 0 Å². The van der Waals surface area contributed by atoms with E-state index in [1.165, 1.54) is 0 Å². The topological polar surface area (TPSA) is 64.7 Å². The summed E-state index contributed by atoms with van der Waals surface area (Å²) in [6.07, 6.45) is 4.65. The van der Waals surface area contributed by atoms with Gasteiger partial charge >= 0.3 is 0 Å². The third kappa shape index (κ3) is 1.38. The highest BCUT2D eigenvalue weighted by Crippen LogP contribution is 2.50. The molecule has 0 spiro atoms. The molecule has 14 heavy (non-hydrogen) atoms. The van der Waals surface area contributed by atoms with Crippen molar-refractivity contribution in [2.24, 2.45) is 22.2 Å². The summed E-state index contributed by atoms with van der Waals surface area (Å²) in [7, 11) is 1.54. The van der Waals surface area contributed by atoms with Gasteiger partial charge in [-0.1, -0.05) is 5.16 Å². The molecular weight excluding hydrogens is 180 g/mol. The van der Waals surface area contributed by atoms with Gasteiger partial charge in [0.15, 0.2) is 0 Å². The zero-order chi connectivity index (χ0) is 10.2. The van der Waals surface area contributed by atoms with Gasteiger partial charge in [-0.25, -0.2) is 0 Å². The molecule has 2 rings (SSSR count). The van der Waals surface area contributed by atoms with E-state index in [1.54, 1.807) is 7.11 Å². The second kappa shape index (κ2) is 3.26. The van der Waals surface area contributed by atoms with Crippen molar-refractivity contribution >= 4 is 11.6 Å². The Labute approximate surface area is 83.5 Å². The van der Waals surface area contributed by atoms with Gasteiger partial charge in [0, 0.05) is 6.42 Å². The molecule has 2 N–H and O–H groups in total. The summed E-state index contributed by atoms with van der Waals surface area (Å²) in [6.45, 7) is 0. The Balaban J connectivity index is 2.21. The molecule has 4 nitrogen and oxygen atoms in total. The van der Waals surface area contributed by atoms with Crippen LogP contribution in [0.25, 0.3) is 0 Å². The third-order valence-corrected chi connectivity index (χ3v) is 3.52. The van der Waals surface area contributed by atoms with Crippen LogP contribution in [0.4, 0.5) is 0 Å². The number of amides is 1. The molecule has 0 aromatic heterocycles. The molecular formula is C10H16N2O2. The minimum atomic E-state index is -0.305. The Bertz CT molecular complexity index is 288. The first-order valence-electron chi connectivity index (χ1n) is 5.05. The maximum absolute atomic E-state index is 11.4. The number of hydrogen-bond donors (Lipinski definition) is 1. The molecule has 2 bridgehead atoms. The van der Waals surface area contributed by atoms with Gasteiger partial charge in [0.1, 0.15) is 7.11 Å². The maximum Gasteiger partial charge on any atom is 0.224 e. The van der Waals surface area contributed by atoms with E-state index in [4.69, 9.17) is 10.6 Å². The zero-order valence-electron chi connectivity index (χ0n) is 8.45. The number of rotatable bonds is 2. The Morgan fingerprint density at radius 3 is 3.14 bits per heavy atom. The Morgan fingerprint density at radius 2 is 2.50 bits per heavy atom. The van der Waals surface area contributed by atoms with Crippen molar-refractivity contribution in [2.75, 3.05) is 7.11 Å². The summed E-state index contributed by atoms with van der Waals surface area (Å²) in [5.41, 5.74) is 6.16. The third-order valence-electron chi connectivity index (χ3n) is 3.52. The predicted molar refractivity (Wildman–Crippen MR) is 52.6 cm³/mol. The van der Waals surface area contributed by atoms with Crippen molar-refractivity contribution in [1.82, 2.24) is 0 Å². The smallest absolute Gasteiger partial charge is 0.224 e. The van der Waals surface area contributed by atoms with E-state index in [2.05, 4.69) is 5.16 Å². The van der Waals surface area contributed by atoms with Gasteiger partial charge in [-0.05, 0) is 31.6 Å². The molecule has 2 fully saturated rings. The summed E-state index contributed by atoms with van der Waals surface area (Å²) in [5.74, 6) is 0.425. The second-order valence-corrected chi connectivity index (χ2v) is 4.47. The van der Waals surface area contributed by atoms with Crippen molar-refractivity contribution in [3.05, 3.63) is 0 Å². The number of fused-ring (bicyclic) bond motifs is 2. The lowest BCUT2D eigenvalue weighted by molar-refractivity contribution is -0.127. The lowest BCUT2D eigenvalue weighted by Gasteiger charge is -2.30. The van der Waals surface area contributed by atoms with Gasteiger partial charge in [-0.3, -0.25) is 4.79 Å². The summed E-state index contributed by atoms with van der Waals surface area (Å²) in [6, 6.07) is 0. The number of carbonyl (C=O) groups excluding carboxylic acids is 1. The Kier molecular flexibility index (Phi) is 2.21. The fraction of sp³-hybridized carbons (Fsp3) is 0.800. The average Bonchev–Trinajstić information content (AvgIpc) is 2.44. The highest BCUT2D eigenvalue weighted by Gasteiger charge is 2.48. The van der Waals surface area contributed by atoms with Crippen LogP contribution in [0, 0.1) is 11.3 Å². The molecule has 1 amide bonds. The number of primary amides is 1. The number of nitrogens with two attached hydrogens (primary N) is 1. The number of carbonyl (C=O) groups is 1. The highest BCUT2D eigenvalue weighted by molar-refractivity contribution is 5.93. The van der Waals surface area contributed by atoms with Crippen molar-refractivity contribution in [1.29, 1.82) is 0 Å². The van der Waals surface area contributed by atoms with Crippen LogP contribution in [0.1, 0.15) is 32.1 Å². The Morgan fingerprint density at radius 1 is 1.71 bits per heavy atom. The van der Waals surface area contributed by atoms with Gasteiger partial charge in [0.25, 0.3) is 0 Å². The van der Waals surface area contributed by atoms with E-state index in [-0.39, 0.29) is 11.3 Å². The molecule has 2 aliphatic rings. The number of nitrogens with zero attached hydrogens (tertiary/aromatic N) is 1. The molecule has 0 aromatic rings. The van der Waals surface area contributed by atoms with E-state index in [0.29, 0.717) is 12.3 Å². The van der Waals surface area contributed by atoms with Gasteiger partial charge in [-0.15, -0.1) is 0 Å². The van der Waals surface area contributed by atoms with Crippen LogP contribution in [-0.2, 0) is 9.63 Å². The molecule has 0 aliphatic heterocycles. The first-order valence-corrected chi connectivity index (χ1v) is 5.05. The summed E-state index contributed by atoms with van der Waals surface area (Å²) in [4.78, 5) is 16.2. The average molecular weight is 196 g/mol. The van der Waals surface area contributed by atoms with E-state index in [9.17, 15) is 4.79 Å². The second-order valence-electron chi connectivity index (χ2n) is 4.47. The molecule has 0 radical (unpaired) electrons. The predicted octanol–water partition coefficient (Wildman–Crippen LogP) is 1.05. The summed E-state index contributed by atoms with van der Waals surface area (Å²) >= 11 is 0. The largest absolute Gasteiger partial charge is 0.399 e. The van der Waals surface area contributed by atoms with Crippen LogP contribution < -0.4 is 5.73 Å². The van der Waals surface area contributed by atoms with Crippen LogP contribution in [0.2, 0.25) is 0 Å². The van der Waals surface area contributed by atoms with Gasteiger partial charge in [0.05, 0.1) is 11.1 Å². The highest BCUT2D eigenvalue weighted by atomic mass is 16.6. The van der Waals surface area contributed by atoms with E-state index >= 15 is 0 Å². The van der Waals surface area contributed by atoms with Crippen LogP contribution in [-0.4, -0.2) is 18.7 Å². The van der Waals surface area contributed by atoms with E-state index in [0.717, 1.165) is 31.4 Å².